The summed E-state index contributed by atoms with van der Waals surface area (Å²) >= 11 is 0. The van der Waals surface area contributed by atoms with E-state index in [-0.39, 0.29) is 0 Å². The minimum atomic E-state index is -1.08. The molecule has 1 aliphatic heterocycles. The van der Waals surface area contributed by atoms with E-state index < -0.39 is 5.67 Å². The highest BCUT2D eigenvalue weighted by molar-refractivity contribution is 5.12. The van der Waals surface area contributed by atoms with Gasteiger partial charge in [0.2, 0.25) is 0 Å². The quantitative estimate of drug-likeness (QED) is 0.800. The lowest BCUT2D eigenvalue weighted by Gasteiger charge is -2.30. The Labute approximate surface area is 89.7 Å². The Hall–Kier alpha value is -0.900. The second-order valence-electron chi connectivity index (χ2n) is 4.51. The molecule has 0 aromatic carbocycles. The third kappa shape index (κ3) is 2.37. The molecule has 4 heteroatoms. The van der Waals surface area contributed by atoms with E-state index >= 15 is 0 Å². The second kappa shape index (κ2) is 3.93. The molecule has 1 aromatic heterocycles. The zero-order chi connectivity index (χ0) is 10.9. The van der Waals surface area contributed by atoms with Crippen molar-refractivity contribution in [3.8, 4) is 0 Å². The predicted molar refractivity (Wildman–Crippen MR) is 57.6 cm³/mol. The first-order valence-electron chi connectivity index (χ1n) is 5.48. The van der Waals surface area contributed by atoms with E-state index in [1.54, 1.807) is 4.68 Å². The number of hydrogen-bond acceptors (Lipinski definition) is 2. The molecule has 0 saturated carbocycles. The summed E-state index contributed by atoms with van der Waals surface area (Å²) < 4.78 is 16.1. The SMILES string of the molecule is Cc1cc(CC2(F)CCCNC2)n(C)n1. The van der Waals surface area contributed by atoms with Crippen molar-refractivity contribution in [2.75, 3.05) is 13.1 Å². The van der Waals surface area contributed by atoms with Gasteiger partial charge in [-0.05, 0) is 32.4 Å². The number of alkyl halides is 1. The van der Waals surface area contributed by atoms with Crippen LogP contribution in [0.2, 0.25) is 0 Å². The van der Waals surface area contributed by atoms with Crippen molar-refractivity contribution in [1.29, 1.82) is 0 Å². The standard InChI is InChI=1S/C11H18FN3/c1-9-6-10(15(2)14-9)7-11(12)4-3-5-13-8-11/h6,13H,3-5,7-8H2,1-2H3. The Kier molecular flexibility index (Phi) is 2.78. The molecular formula is C11H18FN3. The zero-order valence-electron chi connectivity index (χ0n) is 9.39. The predicted octanol–water partition coefficient (Wildman–Crippen LogP) is 1.36. The van der Waals surface area contributed by atoms with Crippen LogP contribution in [0, 0.1) is 6.92 Å². The second-order valence-corrected chi connectivity index (χ2v) is 4.51. The molecule has 1 fully saturated rings. The molecular weight excluding hydrogens is 193 g/mol. The van der Waals surface area contributed by atoms with Gasteiger partial charge in [-0.15, -0.1) is 0 Å². The average molecular weight is 211 g/mol. The maximum Gasteiger partial charge on any atom is 0.128 e. The molecule has 1 saturated heterocycles. The van der Waals surface area contributed by atoms with Gasteiger partial charge in [0.25, 0.3) is 0 Å². The van der Waals surface area contributed by atoms with Crippen molar-refractivity contribution in [2.45, 2.75) is 31.9 Å². The monoisotopic (exact) mass is 211 g/mol. The van der Waals surface area contributed by atoms with E-state index in [1.807, 2.05) is 20.0 Å². The van der Waals surface area contributed by atoms with Crippen LogP contribution in [0.1, 0.15) is 24.2 Å². The number of hydrogen-bond donors (Lipinski definition) is 1. The Morgan fingerprint density at radius 1 is 1.67 bits per heavy atom. The average Bonchev–Trinajstić information content (AvgIpc) is 2.45. The molecule has 1 N–H and O–H groups in total. The summed E-state index contributed by atoms with van der Waals surface area (Å²) in [7, 11) is 1.88. The summed E-state index contributed by atoms with van der Waals surface area (Å²) in [6.07, 6.45) is 2.05. The smallest absolute Gasteiger partial charge is 0.128 e. The molecule has 2 rings (SSSR count). The van der Waals surface area contributed by atoms with Crippen LogP contribution < -0.4 is 5.32 Å². The molecule has 0 radical (unpaired) electrons. The number of aromatic nitrogens is 2. The first-order chi connectivity index (χ1) is 7.09. The largest absolute Gasteiger partial charge is 0.314 e. The summed E-state index contributed by atoms with van der Waals surface area (Å²) in [6, 6.07) is 1.97. The Balaban J connectivity index is 2.09. The van der Waals surface area contributed by atoms with E-state index in [0.717, 1.165) is 24.4 Å². The summed E-state index contributed by atoms with van der Waals surface area (Å²) in [5.41, 5.74) is 0.858. The van der Waals surface area contributed by atoms with Gasteiger partial charge >= 0.3 is 0 Å². The van der Waals surface area contributed by atoms with Crippen LogP contribution in [0.25, 0.3) is 0 Å². The van der Waals surface area contributed by atoms with E-state index in [1.165, 1.54) is 0 Å². The van der Waals surface area contributed by atoms with Crippen LogP contribution in [0.15, 0.2) is 6.07 Å². The molecule has 3 nitrogen and oxygen atoms in total. The van der Waals surface area contributed by atoms with Gasteiger partial charge in [0.15, 0.2) is 0 Å². The van der Waals surface area contributed by atoms with Gasteiger partial charge in [0.05, 0.1) is 5.69 Å². The molecule has 1 unspecified atom stereocenters. The maximum atomic E-state index is 14.3. The molecule has 2 heterocycles. The Bertz CT molecular complexity index is 340. The molecule has 0 bridgehead atoms. The molecule has 84 valence electrons. The van der Waals surface area contributed by atoms with Crippen LogP contribution in [0.3, 0.4) is 0 Å². The van der Waals surface area contributed by atoms with E-state index in [9.17, 15) is 4.39 Å². The zero-order valence-corrected chi connectivity index (χ0v) is 9.39. The fraction of sp³-hybridized carbons (Fsp3) is 0.727. The molecule has 0 spiro atoms. The molecule has 1 aliphatic rings. The molecule has 1 atom stereocenters. The molecule has 1 aromatic rings. The van der Waals surface area contributed by atoms with Crippen LogP contribution in [-0.2, 0) is 13.5 Å². The van der Waals surface area contributed by atoms with Gasteiger partial charge in [0.1, 0.15) is 5.67 Å². The number of aryl methyl sites for hydroxylation is 2. The maximum absolute atomic E-state index is 14.3. The van der Waals surface area contributed by atoms with Crippen LogP contribution >= 0.6 is 0 Å². The van der Waals surface area contributed by atoms with Crippen molar-refractivity contribution < 1.29 is 4.39 Å². The lowest BCUT2D eigenvalue weighted by molar-refractivity contribution is 0.120. The number of nitrogens with one attached hydrogen (secondary N) is 1. The Morgan fingerprint density at radius 3 is 3.00 bits per heavy atom. The van der Waals surface area contributed by atoms with E-state index in [4.69, 9.17) is 0 Å². The minimum Gasteiger partial charge on any atom is -0.314 e. The number of nitrogens with zero attached hydrogens (tertiary/aromatic N) is 2. The number of halogens is 1. The van der Waals surface area contributed by atoms with Crippen molar-refractivity contribution in [1.82, 2.24) is 15.1 Å². The normalized spacial score (nSPS) is 26.9. The molecule has 0 amide bonds. The minimum absolute atomic E-state index is 0.469. The summed E-state index contributed by atoms with van der Waals surface area (Å²) in [4.78, 5) is 0. The van der Waals surface area contributed by atoms with Gasteiger partial charge in [-0.25, -0.2) is 4.39 Å². The molecule has 0 aliphatic carbocycles. The molecule has 15 heavy (non-hydrogen) atoms. The lowest BCUT2D eigenvalue weighted by Crippen LogP contribution is -2.44. The van der Waals surface area contributed by atoms with Gasteiger partial charge in [-0.1, -0.05) is 0 Å². The summed E-state index contributed by atoms with van der Waals surface area (Å²) in [5, 5.41) is 7.35. The lowest BCUT2D eigenvalue weighted by atomic mass is 9.91. The van der Waals surface area contributed by atoms with Gasteiger partial charge in [-0.3, -0.25) is 4.68 Å². The van der Waals surface area contributed by atoms with Crippen molar-refractivity contribution >= 4 is 0 Å². The highest BCUT2D eigenvalue weighted by atomic mass is 19.1. The fourth-order valence-electron chi connectivity index (χ4n) is 2.24. The third-order valence-electron chi connectivity index (χ3n) is 3.02. The summed E-state index contributed by atoms with van der Waals surface area (Å²) in [5.74, 6) is 0. The first-order valence-corrected chi connectivity index (χ1v) is 5.48. The van der Waals surface area contributed by atoms with Crippen LogP contribution in [-0.4, -0.2) is 28.5 Å². The third-order valence-corrected chi connectivity index (χ3v) is 3.02. The van der Waals surface area contributed by atoms with Crippen molar-refractivity contribution in [3.05, 3.63) is 17.5 Å². The highest BCUT2D eigenvalue weighted by Crippen LogP contribution is 2.25. The Morgan fingerprint density at radius 2 is 2.47 bits per heavy atom. The van der Waals surface area contributed by atoms with Crippen LogP contribution in [0.5, 0.6) is 0 Å². The van der Waals surface area contributed by atoms with Gasteiger partial charge in [0, 0.05) is 25.7 Å². The number of rotatable bonds is 2. The van der Waals surface area contributed by atoms with E-state index in [0.29, 0.717) is 19.4 Å². The topological polar surface area (TPSA) is 29.9 Å². The van der Waals surface area contributed by atoms with E-state index in [2.05, 4.69) is 10.4 Å². The first kappa shape index (κ1) is 10.6. The fourth-order valence-corrected chi connectivity index (χ4v) is 2.24. The number of piperidine rings is 1. The van der Waals surface area contributed by atoms with Crippen LogP contribution in [0.4, 0.5) is 4.39 Å². The highest BCUT2D eigenvalue weighted by Gasteiger charge is 2.32. The summed E-state index contributed by atoms with van der Waals surface area (Å²) in [6.45, 7) is 3.35. The van der Waals surface area contributed by atoms with Crippen molar-refractivity contribution in [3.63, 3.8) is 0 Å². The van der Waals surface area contributed by atoms with Gasteiger partial charge in [-0.2, -0.15) is 5.10 Å². The van der Waals surface area contributed by atoms with Gasteiger partial charge < -0.3 is 5.32 Å². The van der Waals surface area contributed by atoms with Crippen molar-refractivity contribution in [2.24, 2.45) is 7.05 Å².